The highest BCUT2D eigenvalue weighted by atomic mass is 32.2. The first-order valence-electron chi connectivity index (χ1n) is 7.35. The van der Waals surface area contributed by atoms with Crippen molar-refractivity contribution in [3.63, 3.8) is 0 Å². The third kappa shape index (κ3) is 4.25. The molecule has 2 unspecified atom stereocenters. The molecule has 0 amide bonds. The molecule has 21 heavy (non-hydrogen) atoms. The second-order valence-corrected chi connectivity index (χ2v) is 7.67. The molecular formula is C15H23FN2O2S. The van der Waals surface area contributed by atoms with Crippen LogP contribution in [0.2, 0.25) is 0 Å². The summed E-state index contributed by atoms with van der Waals surface area (Å²) in [5, 5.41) is 2.90. The standard InChI is InChI=1S/C15H23FN2O2S/c1-11-3-4-12(7-11)10-18-21(19,20)15-6-5-13(9-17-2)8-14(15)16/h5-6,8,11-12,17-18H,3-4,7,9-10H2,1-2H3. The van der Waals surface area contributed by atoms with Crippen molar-refractivity contribution in [1.29, 1.82) is 0 Å². The number of benzene rings is 1. The molecule has 0 saturated heterocycles. The molecule has 6 heteroatoms. The van der Waals surface area contributed by atoms with Gasteiger partial charge in [-0.1, -0.05) is 19.4 Å². The predicted molar refractivity (Wildman–Crippen MR) is 80.9 cm³/mol. The van der Waals surface area contributed by atoms with E-state index in [1.165, 1.54) is 12.1 Å². The third-order valence-corrected chi connectivity index (χ3v) is 5.49. The number of rotatable bonds is 6. The summed E-state index contributed by atoms with van der Waals surface area (Å²) in [7, 11) is -2.02. The van der Waals surface area contributed by atoms with Crippen molar-refractivity contribution in [2.45, 2.75) is 37.6 Å². The molecule has 0 aromatic heterocycles. The summed E-state index contributed by atoms with van der Waals surface area (Å²) in [6, 6.07) is 4.23. The van der Waals surface area contributed by atoms with Gasteiger partial charge in [0.1, 0.15) is 10.7 Å². The van der Waals surface area contributed by atoms with Crippen LogP contribution in [0, 0.1) is 17.7 Å². The molecule has 0 spiro atoms. The topological polar surface area (TPSA) is 58.2 Å². The average Bonchev–Trinajstić information content (AvgIpc) is 2.83. The second kappa shape index (κ2) is 6.85. The van der Waals surface area contributed by atoms with Crippen LogP contribution in [-0.4, -0.2) is 22.0 Å². The Morgan fingerprint density at radius 1 is 1.33 bits per heavy atom. The van der Waals surface area contributed by atoms with Gasteiger partial charge in [0.25, 0.3) is 0 Å². The van der Waals surface area contributed by atoms with Crippen LogP contribution in [0.4, 0.5) is 4.39 Å². The molecular weight excluding hydrogens is 291 g/mol. The Kier molecular flexibility index (Phi) is 5.35. The summed E-state index contributed by atoms with van der Waals surface area (Å²) in [5.74, 6) is 0.313. The summed E-state index contributed by atoms with van der Waals surface area (Å²) in [5.41, 5.74) is 0.721. The molecule has 1 aromatic carbocycles. The van der Waals surface area contributed by atoms with Crippen molar-refractivity contribution in [1.82, 2.24) is 10.0 Å². The Morgan fingerprint density at radius 3 is 2.67 bits per heavy atom. The van der Waals surface area contributed by atoms with Gasteiger partial charge in [-0.05, 0) is 49.4 Å². The Bertz CT molecular complexity index is 589. The summed E-state index contributed by atoms with van der Waals surface area (Å²) in [4.78, 5) is -0.270. The number of halogens is 1. The van der Waals surface area contributed by atoms with Crippen LogP contribution in [0.5, 0.6) is 0 Å². The van der Waals surface area contributed by atoms with Crippen molar-refractivity contribution in [3.8, 4) is 0 Å². The van der Waals surface area contributed by atoms with E-state index >= 15 is 0 Å². The van der Waals surface area contributed by atoms with E-state index in [1.54, 1.807) is 13.1 Å². The molecule has 2 atom stereocenters. The maximum absolute atomic E-state index is 14.0. The summed E-state index contributed by atoms with van der Waals surface area (Å²) < 4.78 is 40.9. The van der Waals surface area contributed by atoms with Gasteiger partial charge in [-0.2, -0.15) is 0 Å². The van der Waals surface area contributed by atoms with Crippen molar-refractivity contribution >= 4 is 10.0 Å². The molecule has 2 N–H and O–H groups in total. The van der Waals surface area contributed by atoms with Crippen molar-refractivity contribution < 1.29 is 12.8 Å². The molecule has 0 aliphatic heterocycles. The van der Waals surface area contributed by atoms with Gasteiger partial charge in [0.05, 0.1) is 0 Å². The highest BCUT2D eigenvalue weighted by molar-refractivity contribution is 7.89. The van der Waals surface area contributed by atoms with Gasteiger partial charge >= 0.3 is 0 Å². The van der Waals surface area contributed by atoms with E-state index in [2.05, 4.69) is 17.0 Å². The molecule has 2 rings (SSSR count). The highest BCUT2D eigenvalue weighted by Gasteiger charge is 2.25. The number of hydrogen-bond donors (Lipinski definition) is 2. The maximum Gasteiger partial charge on any atom is 0.243 e. The second-order valence-electron chi connectivity index (χ2n) is 5.93. The molecule has 0 radical (unpaired) electrons. The van der Waals surface area contributed by atoms with Crippen LogP contribution >= 0.6 is 0 Å². The number of nitrogens with one attached hydrogen (secondary N) is 2. The fraction of sp³-hybridized carbons (Fsp3) is 0.600. The summed E-state index contributed by atoms with van der Waals surface area (Å²) >= 11 is 0. The molecule has 1 aromatic rings. The quantitative estimate of drug-likeness (QED) is 0.847. The maximum atomic E-state index is 14.0. The molecule has 0 heterocycles. The van der Waals surface area contributed by atoms with E-state index in [-0.39, 0.29) is 4.90 Å². The summed E-state index contributed by atoms with van der Waals surface area (Å²) in [6.45, 7) is 3.07. The molecule has 1 aliphatic carbocycles. The van der Waals surface area contributed by atoms with Crippen LogP contribution in [-0.2, 0) is 16.6 Å². The van der Waals surface area contributed by atoms with Gasteiger partial charge in [0, 0.05) is 13.1 Å². The summed E-state index contributed by atoms with van der Waals surface area (Å²) in [6.07, 6.45) is 3.21. The van der Waals surface area contributed by atoms with Crippen LogP contribution in [0.1, 0.15) is 31.7 Å². The molecule has 118 valence electrons. The van der Waals surface area contributed by atoms with Crippen LogP contribution in [0.3, 0.4) is 0 Å². The fourth-order valence-corrected chi connectivity index (χ4v) is 4.07. The predicted octanol–water partition coefficient (Wildman–Crippen LogP) is 2.26. The highest BCUT2D eigenvalue weighted by Crippen LogP contribution is 2.30. The Balaban J connectivity index is 2.05. The van der Waals surface area contributed by atoms with E-state index in [0.29, 0.717) is 24.9 Å². The van der Waals surface area contributed by atoms with Gasteiger partial charge in [0.15, 0.2) is 0 Å². The van der Waals surface area contributed by atoms with Gasteiger partial charge in [-0.25, -0.2) is 17.5 Å². The monoisotopic (exact) mass is 314 g/mol. The van der Waals surface area contributed by atoms with Gasteiger partial charge in [-0.3, -0.25) is 0 Å². The van der Waals surface area contributed by atoms with Crippen molar-refractivity contribution in [3.05, 3.63) is 29.6 Å². The third-order valence-electron chi connectivity index (χ3n) is 4.03. The lowest BCUT2D eigenvalue weighted by Crippen LogP contribution is -2.29. The van der Waals surface area contributed by atoms with Crippen LogP contribution in [0.25, 0.3) is 0 Å². The average molecular weight is 314 g/mol. The molecule has 4 nitrogen and oxygen atoms in total. The van der Waals surface area contributed by atoms with Crippen LogP contribution in [0.15, 0.2) is 23.1 Å². The first-order chi connectivity index (χ1) is 9.92. The van der Waals surface area contributed by atoms with Gasteiger partial charge in [0.2, 0.25) is 10.0 Å². The van der Waals surface area contributed by atoms with E-state index < -0.39 is 15.8 Å². The Morgan fingerprint density at radius 2 is 2.10 bits per heavy atom. The van der Waals surface area contributed by atoms with E-state index in [1.807, 2.05) is 0 Å². The number of hydrogen-bond acceptors (Lipinski definition) is 3. The van der Waals surface area contributed by atoms with Crippen molar-refractivity contribution in [2.75, 3.05) is 13.6 Å². The zero-order valence-corrected chi connectivity index (χ0v) is 13.3. The van der Waals surface area contributed by atoms with Gasteiger partial charge in [-0.15, -0.1) is 0 Å². The molecule has 1 saturated carbocycles. The minimum Gasteiger partial charge on any atom is -0.316 e. The van der Waals surface area contributed by atoms with Gasteiger partial charge < -0.3 is 5.32 Å². The normalized spacial score (nSPS) is 22.6. The van der Waals surface area contributed by atoms with E-state index in [4.69, 9.17) is 0 Å². The largest absolute Gasteiger partial charge is 0.316 e. The van der Waals surface area contributed by atoms with Crippen LogP contribution < -0.4 is 10.0 Å². The number of sulfonamides is 1. The molecule has 1 fully saturated rings. The lowest BCUT2D eigenvalue weighted by atomic mass is 10.1. The Hall–Kier alpha value is -0.980. The zero-order chi connectivity index (χ0) is 15.5. The SMILES string of the molecule is CNCc1ccc(S(=O)(=O)NCC2CCC(C)C2)c(F)c1. The minimum absolute atomic E-state index is 0.270. The fourth-order valence-electron chi connectivity index (χ4n) is 2.89. The first-order valence-corrected chi connectivity index (χ1v) is 8.83. The zero-order valence-electron chi connectivity index (χ0n) is 12.5. The Labute approximate surface area is 126 Å². The molecule has 0 bridgehead atoms. The lowest BCUT2D eigenvalue weighted by Gasteiger charge is -2.12. The van der Waals surface area contributed by atoms with E-state index in [9.17, 15) is 12.8 Å². The first kappa shape index (κ1) is 16.4. The molecule has 1 aliphatic rings. The smallest absolute Gasteiger partial charge is 0.243 e. The lowest BCUT2D eigenvalue weighted by molar-refractivity contribution is 0.495. The minimum atomic E-state index is -3.77. The van der Waals surface area contributed by atoms with E-state index in [0.717, 1.165) is 24.8 Å². The van der Waals surface area contributed by atoms with Crippen molar-refractivity contribution in [2.24, 2.45) is 11.8 Å².